The van der Waals surface area contributed by atoms with Gasteiger partial charge in [-0.15, -0.1) is 0 Å². The Kier molecular flexibility index (Phi) is 4.45. The summed E-state index contributed by atoms with van der Waals surface area (Å²) >= 11 is 0. The molecule has 1 rings (SSSR count). The highest BCUT2D eigenvalue weighted by Crippen LogP contribution is 2.21. The summed E-state index contributed by atoms with van der Waals surface area (Å²) in [4.78, 5) is 3.69. The fourth-order valence-corrected chi connectivity index (χ4v) is 1.11. The van der Waals surface area contributed by atoms with E-state index in [1.54, 1.807) is 6.07 Å². The van der Waals surface area contributed by atoms with Crippen LogP contribution in [0.15, 0.2) is 4.52 Å². The van der Waals surface area contributed by atoms with Gasteiger partial charge in [0.15, 0.2) is 5.82 Å². The molecule has 0 radical (unpaired) electrons. The summed E-state index contributed by atoms with van der Waals surface area (Å²) in [6.45, 7) is 0. The first-order valence-corrected chi connectivity index (χ1v) is 4.84. The Morgan fingerprint density at radius 3 is 2.76 bits per heavy atom. The van der Waals surface area contributed by atoms with Gasteiger partial charge in [-0.05, 0) is 0 Å². The number of aliphatic hydroxyl groups is 1. The number of hydrogen-bond acceptors (Lipinski definition) is 5. The van der Waals surface area contributed by atoms with Crippen LogP contribution in [0.4, 0.5) is 13.2 Å². The maximum Gasteiger partial charge on any atom is 0.389 e. The van der Waals surface area contributed by atoms with E-state index in [9.17, 15) is 18.3 Å². The third-order valence-corrected chi connectivity index (χ3v) is 1.88. The average Bonchev–Trinajstić information content (AvgIpc) is 2.62. The summed E-state index contributed by atoms with van der Waals surface area (Å²) in [7, 11) is 0. The van der Waals surface area contributed by atoms with Gasteiger partial charge < -0.3 is 9.63 Å². The molecule has 0 spiro atoms. The van der Waals surface area contributed by atoms with Gasteiger partial charge in [0.05, 0.1) is 31.4 Å². The third kappa shape index (κ3) is 5.31. The Morgan fingerprint density at radius 1 is 1.47 bits per heavy atom. The minimum Gasteiger partial charge on any atom is -0.392 e. The Balaban J connectivity index is 2.46. The van der Waals surface area contributed by atoms with Gasteiger partial charge in [-0.2, -0.15) is 23.4 Å². The largest absolute Gasteiger partial charge is 0.392 e. The summed E-state index contributed by atoms with van der Waals surface area (Å²) in [6.07, 6.45) is -6.72. The van der Waals surface area contributed by atoms with Gasteiger partial charge in [0.2, 0.25) is 5.89 Å². The van der Waals surface area contributed by atoms with Crippen LogP contribution in [-0.2, 0) is 12.8 Å². The van der Waals surface area contributed by atoms with Crippen LogP contribution in [-0.4, -0.2) is 27.5 Å². The summed E-state index contributed by atoms with van der Waals surface area (Å²) in [6, 6.07) is 1.75. The van der Waals surface area contributed by atoms with Gasteiger partial charge in [0.25, 0.3) is 0 Å². The zero-order chi connectivity index (χ0) is 12.9. The van der Waals surface area contributed by atoms with E-state index in [1.165, 1.54) is 0 Å². The lowest BCUT2D eigenvalue weighted by atomic mass is 10.2. The van der Waals surface area contributed by atoms with Crippen molar-refractivity contribution >= 4 is 0 Å². The molecule has 1 atom stereocenters. The predicted molar refractivity (Wildman–Crippen MR) is 48.6 cm³/mol. The second-order valence-electron chi connectivity index (χ2n) is 3.44. The highest BCUT2D eigenvalue weighted by Gasteiger charge is 2.27. The molecule has 1 N–H and O–H groups in total. The van der Waals surface area contributed by atoms with Crippen molar-refractivity contribution in [2.45, 2.75) is 38.0 Å². The smallest absolute Gasteiger partial charge is 0.389 e. The Morgan fingerprint density at radius 2 is 2.18 bits per heavy atom. The Labute approximate surface area is 94.9 Å². The molecule has 0 saturated carbocycles. The normalized spacial score (nSPS) is 13.4. The molecule has 94 valence electrons. The molecule has 0 fully saturated rings. The molecule has 5 nitrogen and oxygen atoms in total. The summed E-state index contributed by atoms with van der Waals surface area (Å²) in [5, 5.41) is 20.9. The molecule has 0 aliphatic rings. The Hall–Kier alpha value is -1.62. The molecular weight excluding hydrogens is 239 g/mol. The standard InChI is InChI=1S/C9H10F3N3O2/c10-9(11,12)3-1-7-14-8(17-15-7)5-6(16)2-4-13/h6,16H,1-3,5H2. The minimum absolute atomic E-state index is 0.0323. The van der Waals surface area contributed by atoms with Crippen LogP contribution in [0.25, 0.3) is 0 Å². The van der Waals surface area contributed by atoms with Crippen molar-refractivity contribution in [1.82, 2.24) is 10.1 Å². The fraction of sp³-hybridized carbons (Fsp3) is 0.667. The van der Waals surface area contributed by atoms with E-state index in [1.807, 2.05) is 0 Å². The van der Waals surface area contributed by atoms with Crippen LogP contribution in [0, 0.1) is 11.3 Å². The number of alkyl halides is 3. The van der Waals surface area contributed by atoms with Crippen LogP contribution in [0.5, 0.6) is 0 Å². The zero-order valence-corrected chi connectivity index (χ0v) is 8.74. The molecule has 1 unspecified atom stereocenters. The number of nitrogens with zero attached hydrogens (tertiary/aromatic N) is 3. The van der Waals surface area contributed by atoms with Gasteiger partial charge in [0, 0.05) is 6.42 Å². The first-order chi connectivity index (χ1) is 7.90. The summed E-state index contributed by atoms with van der Waals surface area (Å²) < 4.78 is 40.3. The van der Waals surface area contributed by atoms with E-state index < -0.39 is 18.7 Å². The molecule has 1 aromatic rings. The quantitative estimate of drug-likeness (QED) is 0.852. The monoisotopic (exact) mass is 249 g/mol. The first kappa shape index (κ1) is 13.4. The van der Waals surface area contributed by atoms with E-state index >= 15 is 0 Å². The van der Waals surface area contributed by atoms with E-state index in [2.05, 4.69) is 14.7 Å². The lowest BCUT2D eigenvalue weighted by Crippen LogP contribution is -2.10. The fourth-order valence-electron chi connectivity index (χ4n) is 1.11. The van der Waals surface area contributed by atoms with Crippen LogP contribution in [0.3, 0.4) is 0 Å². The second-order valence-corrected chi connectivity index (χ2v) is 3.44. The molecule has 0 saturated heterocycles. The molecule has 0 amide bonds. The lowest BCUT2D eigenvalue weighted by Gasteiger charge is -2.02. The van der Waals surface area contributed by atoms with E-state index in [0.717, 1.165) is 0 Å². The number of rotatable bonds is 5. The molecular formula is C9H10F3N3O2. The second kappa shape index (κ2) is 5.63. The average molecular weight is 249 g/mol. The van der Waals surface area contributed by atoms with Gasteiger partial charge in [-0.3, -0.25) is 0 Å². The van der Waals surface area contributed by atoms with Crippen molar-refractivity contribution in [2.24, 2.45) is 0 Å². The van der Waals surface area contributed by atoms with Crippen molar-refractivity contribution in [1.29, 1.82) is 5.26 Å². The van der Waals surface area contributed by atoms with Gasteiger partial charge >= 0.3 is 6.18 Å². The van der Waals surface area contributed by atoms with E-state index in [0.29, 0.717) is 0 Å². The number of aryl methyl sites for hydroxylation is 1. The summed E-state index contributed by atoms with van der Waals surface area (Å²) in [5.41, 5.74) is 0. The van der Waals surface area contributed by atoms with Crippen molar-refractivity contribution in [3.63, 3.8) is 0 Å². The van der Waals surface area contributed by atoms with Crippen LogP contribution in [0.1, 0.15) is 24.6 Å². The number of aromatic nitrogens is 2. The molecule has 8 heteroatoms. The third-order valence-electron chi connectivity index (χ3n) is 1.88. The van der Waals surface area contributed by atoms with Gasteiger partial charge in [-0.25, -0.2) is 0 Å². The molecule has 0 aliphatic heterocycles. The van der Waals surface area contributed by atoms with Gasteiger partial charge in [-0.1, -0.05) is 5.16 Å². The predicted octanol–water partition coefficient (Wildman–Crippen LogP) is 1.38. The molecule has 0 aromatic carbocycles. The van der Waals surface area contributed by atoms with Crippen LogP contribution >= 0.6 is 0 Å². The summed E-state index contributed by atoms with van der Waals surface area (Å²) in [5.74, 6) is -0.0218. The van der Waals surface area contributed by atoms with Crippen LogP contribution < -0.4 is 0 Å². The highest BCUT2D eigenvalue weighted by atomic mass is 19.4. The zero-order valence-electron chi connectivity index (χ0n) is 8.74. The lowest BCUT2D eigenvalue weighted by molar-refractivity contribution is -0.134. The number of nitriles is 1. The van der Waals surface area contributed by atoms with Gasteiger partial charge in [0.1, 0.15) is 0 Å². The molecule has 1 heterocycles. The van der Waals surface area contributed by atoms with Crippen molar-refractivity contribution in [3.05, 3.63) is 11.7 Å². The number of hydrogen-bond donors (Lipinski definition) is 1. The topological polar surface area (TPSA) is 82.9 Å². The Bertz CT molecular complexity index is 397. The van der Waals surface area contributed by atoms with E-state index in [-0.39, 0.29) is 31.0 Å². The maximum absolute atomic E-state index is 11.9. The maximum atomic E-state index is 11.9. The van der Waals surface area contributed by atoms with Crippen LogP contribution in [0.2, 0.25) is 0 Å². The number of aliphatic hydroxyl groups excluding tert-OH is 1. The molecule has 17 heavy (non-hydrogen) atoms. The van der Waals surface area contributed by atoms with E-state index in [4.69, 9.17) is 5.26 Å². The minimum atomic E-state index is -4.26. The molecule has 0 bridgehead atoms. The molecule has 1 aromatic heterocycles. The first-order valence-electron chi connectivity index (χ1n) is 4.84. The molecule has 0 aliphatic carbocycles. The highest BCUT2D eigenvalue weighted by molar-refractivity contribution is 4.90. The number of halogens is 3. The SMILES string of the molecule is N#CCC(O)Cc1nc(CCC(F)(F)F)no1. The van der Waals surface area contributed by atoms with Crippen molar-refractivity contribution in [2.75, 3.05) is 0 Å². The van der Waals surface area contributed by atoms with Crippen molar-refractivity contribution in [3.8, 4) is 6.07 Å². The van der Waals surface area contributed by atoms with Crippen molar-refractivity contribution < 1.29 is 22.8 Å².